The van der Waals surface area contributed by atoms with Gasteiger partial charge in [-0.2, -0.15) is 0 Å². The van der Waals surface area contributed by atoms with Crippen LogP contribution in [0.2, 0.25) is 0 Å². The van der Waals surface area contributed by atoms with Crippen LogP contribution in [0.15, 0.2) is 30.3 Å². The molecule has 0 saturated carbocycles. The molecular formula is C20H36ClNO3. The van der Waals surface area contributed by atoms with Gasteiger partial charge in [-0.05, 0) is 36.7 Å². The van der Waals surface area contributed by atoms with Gasteiger partial charge in [0.2, 0.25) is 0 Å². The van der Waals surface area contributed by atoms with E-state index < -0.39 is 0 Å². The number of unbranched alkanes of at least 4 members (excludes halogenated alkanes) is 5. The van der Waals surface area contributed by atoms with Crippen LogP contribution in [-0.4, -0.2) is 35.1 Å². The average molecular weight is 374 g/mol. The van der Waals surface area contributed by atoms with Gasteiger partial charge in [0.05, 0.1) is 0 Å². The predicted octanol–water partition coefficient (Wildman–Crippen LogP) is 3.44. The largest absolute Gasteiger partial charge is 0.396 e. The second kappa shape index (κ2) is 15.6. The number of benzene rings is 1. The summed E-state index contributed by atoms with van der Waals surface area (Å²) in [4.78, 5) is 0. The summed E-state index contributed by atoms with van der Waals surface area (Å²) in [6, 6.07) is 9.85. The van der Waals surface area contributed by atoms with Crippen molar-refractivity contribution in [2.45, 2.75) is 57.4 Å². The van der Waals surface area contributed by atoms with Gasteiger partial charge < -0.3 is 21.1 Å². The van der Waals surface area contributed by atoms with Crippen LogP contribution in [0.4, 0.5) is 0 Å². The molecule has 146 valence electrons. The summed E-state index contributed by atoms with van der Waals surface area (Å²) >= 11 is 0. The highest BCUT2D eigenvalue weighted by molar-refractivity contribution is 5.85. The Kier molecular flexibility index (Phi) is 15.2. The van der Waals surface area contributed by atoms with Crippen LogP contribution in [0.3, 0.4) is 0 Å². The van der Waals surface area contributed by atoms with E-state index in [9.17, 15) is 10.2 Å². The molecule has 3 atom stereocenters. The molecule has 0 aliphatic carbocycles. The van der Waals surface area contributed by atoms with E-state index in [1.54, 1.807) is 0 Å². The summed E-state index contributed by atoms with van der Waals surface area (Å²) in [5, 5.41) is 28.2. The molecule has 3 unspecified atom stereocenters. The Morgan fingerprint density at radius 3 is 1.88 bits per heavy atom. The maximum Gasteiger partial charge on any atom is 0.0463 e. The first kappa shape index (κ1) is 24.4. The second-order valence-corrected chi connectivity index (χ2v) is 6.77. The van der Waals surface area contributed by atoms with E-state index in [0.29, 0.717) is 6.42 Å². The van der Waals surface area contributed by atoms with Crippen molar-refractivity contribution < 1.29 is 15.3 Å². The fourth-order valence-corrected chi connectivity index (χ4v) is 3.28. The first-order valence-corrected chi connectivity index (χ1v) is 9.36. The molecule has 1 aromatic rings. The number of aliphatic hydroxyl groups excluding tert-OH is 3. The van der Waals surface area contributed by atoms with Crippen molar-refractivity contribution in [1.82, 2.24) is 0 Å². The van der Waals surface area contributed by atoms with E-state index in [4.69, 9.17) is 10.8 Å². The monoisotopic (exact) mass is 373 g/mol. The maximum absolute atomic E-state index is 9.73. The number of hydrogen-bond acceptors (Lipinski definition) is 4. The summed E-state index contributed by atoms with van der Waals surface area (Å²) in [5.74, 6) is 0.154. The molecule has 0 aromatic heterocycles. The van der Waals surface area contributed by atoms with Crippen LogP contribution >= 0.6 is 12.4 Å². The molecule has 0 aliphatic rings. The van der Waals surface area contributed by atoms with Crippen LogP contribution in [0.1, 0.15) is 63.0 Å². The highest BCUT2D eigenvalue weighted by atomic mass is 35.5. The van der Waals surface area contributed by atoms with Crippen molar-refractivity contribution in [1.29, 1.82) is 0 Å². The Morgan fingerprint density at radius 1 is 0.760 bits per heavy atom. The molecule has 0 bridgehead atoms. The fraction of sp³-hybridized carbons (Fsp3) is 0.700. The molecule has 0 amide bonds. The third-order valence-corrected chi connectivity index (χ3v) is 4.90. The number of halogens is 1. The van der Waals surface area contributed by atoms with Crippen LogP contribution in [0.5, 0.6) is 0 Å². The highest BCUT2D eigenvalue weighted by Gasteiger charge is 2.23. The number of rotatable bonds is 14. The molecule has 0 saturated heterocycles. The minimum Gasteiger partial charge on any atom is -0.396 e. The Balaban J connectivity index is 0.00000576. The topological polar surface area (TPSA) is 86.7 Å². The van der Waals surface area contributed by atoms with Crippen molar-refractivity contribution in [2.75, 3.05) is 19.8 Å². The summed E-state index contributed by atoms with van der Waals surface area (Å²) in [6.45, 7) is 0.464. The average Bonchev–Trinajstić information content (AvgIpc) is 2.63. The lowest BCUT2D eigenvalue weighted by atomic mass is 9.83. The third kappa shape index (κ3) is 10.2. The van der Waals surface area contributed by atoms with Gasteiger partial charge in [-0.15, -0.1) is 12.4 Å². The van der Waals surface area contributed by atoms with E-state index in [1.165, 1.54) is 6.42 Å². The van der Waals surface area contributed by atoms with Crippen LogP contribution < -0.4 is 5.73 Å². The van der Waals surface area contributed by atoms with E-state index in [2.05, 4.69) is 0 Å². The normalized spacial score (nSPS) is 14.6. The van der Waals surface area contributed by atoms with E-state index in [-0.39, 0.29) is 50.1 Å². The van der Waals surface area contributed by atoms with Gasteiger partial charge in [-0.25, -0.2) is 0 Å². The standard InChI is InChI=1S/C20H35NO3.ClH/c21-20(17-10-7-5-8-11-17)14-19(16-24)18(15-23)12-6-3-1-2-4-9-13-22;/h5,7-8,10-11,18-20,22-24H,1-4,6,9,12-16,21H2;1H. The van der Waals surface area contributed by atoms with Crippen molar-refractivity contribution in [3.05, 3.63) is 35.9 Å². The van der Waals surface area contributed by atoms with Gasteiger partial charge >= 0.3 is 0 Å². The summed E-state index contributed by atoms with van der Waals surface area (Å²) in [6.07, 6.45) is 8.16. The summed E-state index contributed by atoms with van der Waals surface area (Å²) < 4.78 is 0. The van der Waals surface area contributed by atoms with E-state index >= 15 is 0 Å². The highest BCUT2D eigenvalue weighted by Crippen LogP contribution is 2.27. The summed E-state index contributed by atoms with van der Waals surface area (Å²) in [7, 11) is 0. The molecule has 25 heavy (non-hydrogen) atoms. The minimum absolute atomic E-state index is 0. The van der Waals surface area contributed by atoms with Gasteiger partial charge in [0, 0.05) is 25.9 Å². The molecule has 0 aliphatic heterocycles. The van der Waals surface area contributed by atoms with Gasteiger partial charge in [-0.3, -0.25) is 0 Å². The molecule has 1 rings (SSSR count). The van der Waals surface area contributed by atoms with Crippen molar-refractivity contribution in [3.63, 3.8) is 0 Å². The first-order chi connectivity index (χ1) is 11.7. The smallest absolute Gasteiger partial charge is 0.0463 e. The van der Waals surface area contributed by atoms with Crippen LogP contribution in [-0.2, 0) is 0 Å². The van der Waals surface area contributed by atoms with Gasteiger partial charge in [0.15, 0.2) is 0 Å². The fourth-order valence-electron chi connectivity index (χ4n) is 3.28. The maximum atomic E-state index is 9.73. The predicted molar refractivity (Wildman–Crippen MR) is 106 cm³/mol. The quantitative estimate of drug-likeness (QED) is 0.376. The molecule has 0 heterocycles. The lowest BCUT2D eigenvalue weighted by Crippen LogP contribution is -2.26. The summed E-state index contributed by atoms with van der Waals surface area (Å²) in [5.41, 5.74) is 7.35. The molecule has 5 heteroatoms. The number of nitrogens with two attached hydrogens (primary N) is 1. The van der Waals surface area contributed by atoms with Gasteiger partial charge in [-0.1, -0.05) is 62.4 Å². The molecule has 0 radical (unpaired) electrons. The lowest BCUT2D eigenvalue weighted by Gasteiger charge is -2.26. The number of aliphatic hydroxyl groups is 3. The Bertz CT molecular complexity index is 405. The Hall–Kier alpha value is -0.650. The molecule has 5 N–H and O–H groups in total. The minimum atomic E-state index is -0.101. The zero-order valence-electron chi connectivity index (χ0n) is 15.2. The van der Waals surface area contributed by atoms with Crippen LogP contribution in [0, 0.1) is 11.8 Å². The van der Waals surface area contributed by atoms with Crippen LogP contribution in [0.25, 0.3) is 0 Å². The Labute approximate surface area is 158 Å². The molecule has 4 nitrogen and oxygen atoms in total. The van der Waals surface area contributed by atoms with E-state index in [0.717, 1.165) is 44.1 Å². The van der Waals surface area contributed by atoms with Crippen molar-refractivity contribution in [2.24, 2.45) is 17.6 Å². The SMILES string of the molecule is Cl.NC(CC(CO)C(CO)CCCCCCCCO)c1ccccc1. The second-order valence-electron chi connectivity index (χ2n) is 6.77. The first-order valence-electron chi connectivity index (χ1n) is 9.36. The Morgan fingerprint density at radius 2 is 1.32 bits per heavy atom. The van der Waals surface area contributed by atoms with Gasteiger partial charge in [0.25, 0.3) is 0 Å². The van der Waals surface area contributed by atoms with E-state index in [1.807, 2.05) is 30.3 Å². The molecule has 0 spiro atoms. The molecular weight excluding hydrogens is 338 g/mol. The number of hydrogen-bond donors (Lipinski definition) is 4. The lowest BCUT2D eigenvalue weighted by molar-refractivity contribution is 0.102. The van der Waals surface area contributed by atoms with Gasteiger partial charge in [0.1, 0.15) is 0 Å². The molecule has 1 aromatic carbocycles. The zero-order chi connectivity index (χ0) is 17.6. The van der Waals surface area contributed by atoms with Crippen molar-refractivity contribution >= 4 is 12.4 Å². The van der Waals surface area contributed by atoms with Crippen molar-refractivity contribution in [3.8, 4) is 0 Å². The third-order valence-electron chi connectivity index (χ3n) is 4.90. The zero-order valence-corrected chi connectivity index (χ0v) is 16.0. The molecule has 0 fully saturated rings.